The lowest BCUT2D eigenvalue weighted by atomic mass is 10.0. The molecule has 0 bridgehead atoms. The summed E-state index contributed by atoms with van der Waals surface area (Å²) in [6, 6.07) is 18.7. The van der Waals surface area contributed by atoms with Gasteiger partial charge in [-0.3, -0.25) is 9.79 Å². The van der Waals surface area contributed by atoms with Crippen LogP contribution in [-0.4, -0.2) is 40.9 Å². The van der Waals surface area contributed by atoms with Crippen LogP contribution in [0.4, 0.5) is 0 Å². The summed E-state index contributed by atoms with van der Waals surface area (Å²) in [5.74, 6) is -0.641. The van der Waals surface area contributed by atoms with E-state index in [2.05, 4.69) is 13.2 Å². The fourth-order valence-corrected chi connectivity index (χ4v) is 3.34. The van der Waals surface area contributed by atoms with Crippen molar-refractivity contribution in [2.24, 2.45) is 10.7 Å². The average molecular weight is 535 g/mol. The second-order valence-electron chi connectivity index (χ2n) is 11.1. The SMILES string of the molecule is C=CCC[C@H](N)C(=O)OC(C)(C)C.C=CCC[C@H](N=C(c1ccccc1)c1ccccc1)C(=O)OC(C)(C)C. The average Bonchev–Trinajstić information content (AvgIpc) is 2.86. The number of aliphatic imine (C=N–C) groups is 1. The van der Waals surface area contributed by atoms with Gasteiger partial charge in [0, 0.05) is 11.1 Å². The van der Waals surface area contributed by atoms with Gasteiger partial charge in [-0.25, -0.2) is 4.79 Å². The molecule has 0 saturated carbocycles. The maximum Gasteiger partial charge on any atom is 0.331 e. The Hall–Kier alpha value is -3.51. The zero-order valence-corrected chi connectivity index (χ0v) is 24.5. The minimum atomic E-state index is -0.567. The molecule has 0 unspecified atom stereocenters. The van der Waals surface area contributed by atoms with Crippen molar-refractivity contribution in [2.75, 3.05) is 0 Å². The number of ether oxygens (including phenoxy) is 2. The number of rotatable bonds is 11. The van der Waals surface area contributed by atoms with Crippen molar-refractivity contribution < 1.29 is 19.1 Å². The van der Waals surface area contributed by atoms with Crippen molar-refractivity contribution in [1.82, 2.24) is 0 Å². The van der Waals surface area contributed by atoms with Crippen molar-refractivity contribution in [3.63, 3.8) is 0 Å². The highest BCUT2D eigenvalue weighted by atomic mass is 16.6. The number of carbonyl (C=O) groups excluding carboxylic acids is 2. The van der Waals surface area contributed by atoms with E-state index in [0.29, 0.717) is 19.3 Å². The first-order valence-corrected chi connectivity index (χ1v) is 13.4. The molecule has 0 aliphatic rings. The summed E-state index contributed by atoms with van der Waals surface area (Å²) in [7, 11) is 0. The quantitative estimate of drug-likeness (QED) is 0.194. The van der Waals surface area contributed by atoms with Gasteiger partial charge in [-0.15, -0.1) is 13.2 Å². The Labute approximate surface area is 235 Å². The van der Waals surface area contributed by atoms with E-state index in [1.54, 1.807) is 12.2 Å². The molecule has 0 spiro atoms. The molecule has 0 heterocycles. The van der Waals surface area contributed by atoms with Crippen LogP contribution in [0.5, 0.6) is 0 Å². The Morgan fingerprint density at radius 3 is 1.59 bits per heavy atom. The minimum Gasteiger partial charge on any atom is -0.459 e. The van der Waals surface area contributed by atoms with Crippen LogP contribution in [0.25, 0.3) is 0 Å². The van der Waals surface area contributed by atoms with Gasteiger partial charge < -0.3 is 15.2 Å². The number of hydrogen-bond donors (Lipinski definition) is 1. The van der Waals surface area contributed by atoms with Gasteiger partial charge in [-0.1, -0.05) is 72.8 Å². The molecule has 0 aromatic heterocycles. The second kappa shape index (κ2) is 16.5. The van der Waals surface area contributed by atoms with Crippen LogP contribution in [0.15, 0.2) is 91.0 Å². The molecule has 212 valence electrons. The molecular formula is C33H46N2O4. The van der Waals surface area contributed by atoms with Gasteiger partial charge in [0.05, 0.1) is 5.71 Å². The molecular weight excluding hydrogens is 488 g/mol. The lowest BCUT2D eigenvalue weighted by Crippen LogP contribution is -2.37. The number of nitrogens with zero attached hydrogens (tertiary/aromatic N) is 1. The van der Waals surface area contributed by atoms with E-state index in [-0.39, 0.29) is 11.9 Å². The topological polar surface area (TPSA) is 91.0 Å². The zero-order valence-electron chi connectivity index (χ0n) is 24.5. The van der Waals surface area contributed by atoms with Crippen LogP contribution >= 0.6 is 0 Å². The number of esters is 2. The highest BCUT2D eigenvalue weighted by Gasteiger charge is 2.25. The maximum atomic E-state index is 12.7. The molecule has 0 aliphatic heterocycles. The third kappa shape index (κ3) is 14.3. The van der Waals surface area contributed by atoms with Crippen molar-refractivity contribution in [3.05, 3.63) is 97.1 Å². The molecule has 0 fully saturated rings. The van der Waals surface area contributed by atoms with E-state index < -0.39 is 23.3 Å². The second-order valence-corrected chi connectivity index (χ2v) is 11.1. The maximum absolute atomic E-state index is 12.7. The van der Waals surface area contributed by atoms with Gasteiger partial charge >= 0.3 is 11.9 Å². The monoisotopic (exact) mass is 534 g/mol. The van der Waals surface area contributed by atoms with Gasteiger partial charge in [-0.2, -0.15) is 0 Å². The molecule has 6 heteroatoms. The highest BCUT2D eigenvalue weighted by molar-refractivity contribution is 6.13. The van der Waals surface area contributed by atoms with Crippen LogP contribution in [0.3, 0.4) is 0 Å². The van der Waals surface area contributed by atoms with Gasteiger partial charge in [-0.05, 0) is 67.2 Å². The number of allylic oxidation sites excluding steroid dienone is 2. The van der Waals surface area contributed by atoms with Gasteiger partial charge in [0.1, 0.15) is 23.3 Å². The fraction of sp³-hybridized carbons (Fsp3) is 0.424. The highest BCUT2D eigenvalue weighted by Crippen LogP contribution is 2.18. The van der Waals surface area contributed by atoms with Crippen molar-refractivity contribution >= 4 is 17.7 Å². The molecule has 2 rings (SSSR count). The lowest BCUT2D eigenvalue weighted by Gasteiger charge is -2.23. The van der Waals surface area contributed by atoms with E-state index in [4.69, 9.17) is 20.2 Å². The van der Waals surface area contributed by atoms with Gasteiger partial charge in [0.25, 0.3) is 0 Å². The summed E-state index contributed by atoms with van der Waals surface area (Å²) >= 11 is 0. The molecule has 39 heavy (non-hydrogen) atoms. The van der Waals surface area contributed by atoms with Crippen molar-refractivity contribution in [3.8, 4) is 0 Å². The molecule has 0 saturated heterocycles. The Morgan fingerprint density at radius 2 is 1.18 bits per heavy atom. The summed E-state index contributed by atoms with van der Waals surface area (Å²) in [6.07, 6.45) is 6.15. The molecule has 2 aromatic carbocycles. The fourth-order valence-electron chi connectivity index (χ4n) is 3.34. The molecule has 2 atom stereocenters. The standard InChI is InChI=1S/C23H27NO2.C10H19NO2/c1-5-6-17-20(22(25)26-23(2,3)4)24-21(18-13-9-7-10-14-18)19-15-11-8-12-16-19;1-5-6-7-8(11)9(12)13-10(2,3)4/h5,7-16,20H,1,6,17H2,2-4H3;5,8H,1,6-7,11H2,2-4H3/t20-;8-/m00/s1. The van der Waals surface area contributed by atoms with E-state index in [1.165, 1.54) is 0 Å². The van der Waals surface area contributed by atoms with Crippen LogP contribution in [-0.2, 0) is 19.1 Å². The Bertz CT molecular complexity index is 1020. The summed E-state index contributed by atoms with van der Waals surface area (Å²) in [4.78, 5) is 28.8. The number of hydrogen-bond acceptors (Lipinski definition) is 6. The van der Waals surface area contributed by atoms with E-state index in [0.717, 1.165) is 23.3 Å². The molecule has 0 aliphatic carbocycles. The normalized spacial score (nSPS) is 12.6. The Balaban J connectivity index is 0.000000495. The lowest BCUT2D eigenvalue weighted by molar-refractivity contribution is -0.157. The number of benzene rings is 2. The first-order valence-electron chi connectivity index (χ1n) is 13.4. The molecule has 2 aromatic rings. The van der Waals surface area contributed by atoms with Crippen LogP contribution in [0, 0.1) is 0 Å². The van der Waals surface area contributed by atoms with Crippen molar-refractivity contribution in [2.45, 2.75) is 90.5 Å². The first-order chi connectivity index (χ1) is 18.3. The summed E-state index contributed by atoms with van der Waals surface area (Å²) < 4.78 is 10.7. The largest absolute Gasteiger partial charge is 0.459 e. The minimum absolute atomic E-state index is 0.302. The van der Waals surface area contributed by atoms with E-state index in [1.807, 2.05) is 102 Å². The smallest absolute Gasteiger partial charge is 0.331 e. The third-order valence-corrected chi connectivity index (χ3v) is 5.09. The molecule has 0 radical (unpaired) electrons. The summed E-state index contributed by atoms with van der Waals surface area (Å²) in [5.41, 5.74) is 7.34. The van der Waals surface area contributed by atoms with E-state index in [9.17, 15) is 9.59 Å². The third-order valence-electron chi connectivity index (χ3n) is 5.09. The van der Waals surface area contributed by atoms with Gasteiger partial charge in [0.15, 0.2) is 0 Å². The Kier molecular flexibility index (Phi) is 14.1. The van der Waals surface area contributed by atoms with Gasteiger partial charge in [0.2, 0.25) is 0 Å². The predicted molar refractivity (Wildman–Crippen MR) is 161 cm³/mol. The Morgan fingerprint density at radius 1 is 0.769 bits per heavy atom. The number of carbonyl (C=O) groups is 2. The summed E-state index contributed by atoms with van der Waals surface area (Å²) in [6.45, 7) is 18.4. The van der Waals surface area contributed by atoms with Crippen molar-refractivity contribution in [1.29, 1.82) is 0 Å². The summed E-state index contributed by atoms with van der Waals surface area (Å²) in [5, 5.41) is 0. The van der Waals surface area contributed by atoms with Crippen LogP contribution < -0.4 is 5.73 Å². The molecule has 0 amide bonds. The number of nitrogens with two attached hydrogens (primary N) is 1. The van der Waals surface area contributed by atoms with Crippen LogP contribution in [0.1, 0.15) is 78.4 Å². The molecule has 2 N–H and O–H groups in total. The van der Waals surface area contributed by atoms with Crippen LogP contribution in [0.2, 0.25) is 0 Å². The van der Waals surface area contributed by atoms with E-state index >= 15 is 0 Å². The molecule has 6 nitrogen and oxygen atoms in total. The predicted octanol–water partition coefficient (Wildman–Crippen LogP) is 6.82. The zero-order chi connectivity index (χ0) is 29.5. The first kappa shape index (κ1) is 33.5.